The van der Waals surface area contributed by atoms with E-state index in [4.69, 9.17) is 0 Å². The van der Waals surface area contributed by atoms with E-state index in [-0.39, 0.29) is 22.3 Å². The molecule has 2 aliphatic heterocycles. The van der Waals surface area contributed by atoms with Crippen LogP contribution in [-0.2, 0) is 14.6 Å². The molecule has 3 rings (SSSR count). The van der Waals surface area contributed by atoms with Gasteiger partial charge in [-0.05, 0) is 38.5 Å². The lowest BCUT2D eigenvalue weighted by atomic mass is 9.74. The largest absolute Gasteiger partial charge is 0.299 e. The van der Waals surface area contributed by atoms with E-state index in [1.54, 1.807) is 0 Å². The summed E-state index contributed by atoms with van der Waals surface area (Å²) in [4.78, 5) is 12.2. The van der Waals surface area contributed by atoms with Crippen molar-refractivity contribution in [3.05, 3.63) is 0 Å². The Morgan fingerprint density at radius 1 is 0.824 bits per heavy atom. The minimum Gasteiger partial charge on any atom is -0.299 e. The second-order valence-corrected chi connectivity index (χ2v) is 8.47. The molecular formula is C13H20O3S. The monoisotopic (exact) mass is 256 g/mol. The first kappa shape index (κ1) is 11.7. The molecule has 0 N–H and O–H groups in total. The SMILES string of the molecule is O=C(C1CCC1)C1CC2CCCC(C1)S2(=O)=O. The average molecular weight is 256 g/mol. The molecule has 0 aromatic carbocycles. The molecule has 2 saturated heterocycles. The number of carbonyl (C=O) groups is 1. The van der Waals surface area contributed by atoms with Gasteiger partial charge in [-0.25, -0.2) is 8.42 Å². The molecule has 0 radical (unpaired) electrons. The lowest BCUT2D eigenvalue weighted by Gasteiger charge is -2.40. The molecule has 17 heavy (non-hydrogen) atoms. The summed E-state index contributed by atoms with van der Waals surface area (Å²) in [5.74, 6) is 0.698. The fourth-order valence-corrected chi connectivity index (χ4v) is 6.20. The van der Waals surface area contributed by atoms with Crippen molar-refractivity contribution in [2.24, 2.45) is 11.8 Å². The highest BCUT2D eigenvalue weighted by molar-refractivity contribution is 7.92. The quantitative estimate of drug-likeness (QED) is 0.760. The summed E-state index contributed by atoms with van der Waals surface area (Å²) in [6, 6.07) is 0. The molecule has 4 heteroatoms. The highest BCUT2D eigenvalue weighted by atomic mass is 32.2. The zero-order valence-electron chi connectivity index (χ0n) is 10.1. The summed E-state index contributed by atoms with van der Waals surface area (Å²) in [7, 11) is -2.90. The first-order valence-electron chi connectivity index (χ1n) is 6.85. The summed E-state index contributed by atoms with van der Waals surface area (Å²) in [6.07, 6.45) is 7.09. The zero-order chi connectivity index (χ0) is 12.0. The number of rotatable bonds is 2. The second kappa shape index (κ2) is 4.08. The van der Waals surface area contributed by atoms with Gasteiger partial charge in [0, 0.05) is 11.8 Å². The van der Waals surface area contributed by atoms with E-state index in [1.807, 2.05) is 0 Å². The predicted octanol–water partition coefficient (Wildman–Crippen LogP) is 2.10. The van der Waals surface area contributed by atoms with Crippen LogP contribution in [0.3, 0.4) is 0 Å². The standard InChI is InChI=1S/C13H20O3S/c14-13(9-3-1-4-9)10-7-11-5-2-6-12(8-10)17(11,15)16/h9-12H,1-8H2. The number of sulfone groups is 1. The number of carbonyl (C=O) groups excluding carboxylic acids is 1. The molecule has 0 amide bonds. The fraction of sp³-hybridized carbons (Fsp3) is 0.923. The van der Waals surface area contributed by atoms with Crippen LogP contribution in [-0.4, -0.2) is 24.7 Å². The maximum Gasteiger partial charge on any atom is 0.156 e. The molecule has 2 atom stereocenters. The van der Waals surface area contributed by atoms with Gasteiger partial charge in [0.15, 0.2) is 9.84 Å². The zero-order valence-corrected chi connectivity index (χ0v) is 10.9. The Morgan fingerprint density at radius 3 is 1.82 bits per heavy atom. The molecule has 3 fully saturated rings. The van der Waals surface area contributed by atoms with Crippen LogP contribution in [0.2, 0.25) is 0 Å². The van der Waals surface area contributed by atoms with Crippen molar-refractivity contribution in [2.45, 2.75) is 61.9 Å². The molecule has 1 aliphatic carbocycles. The van der Waals surface area contributed by atoms with Gasteiger partial charge in [0.25, 0.3) is 0 Å². The number of Topliss-reactive ketones (excluding diaryl/α,β-unsaturated/α-hetero) is 1. The maximum atomic E-state index is 12.2. The van der Waals surface area contributed by atoms with Crippen LogP contribution >= 0.6 is 0 Å². The average Bonchev–Trinajstić information content (AvgIpc) is 2.12. The molecule has 2 unspecified atom stereocenters. The van der Waals surface area contributed by atoms with Crippen LogP contribution in [0.4, 0.5) is 0 Å². The van der Waals surface area contributed by atoms with Gasteiger partial charge in [-0.3, -0.25) is 4.79 Å². The predicted molar refractivity (Wildman–Crippen MR) is 65.4 cm³/mol. The third-order valence-corrected chi connectivity index (χ3v) is 7.70. The molecule has 0 aromatic heterocycles. The van der Waals surface area contributed by atoms with Gasteiger partial charge in [0.05, 0.1) is 10.5 Å². The van der Waals surface area contributed by atoms with Crippen LogP contribution in [0, 0.1) is 11.8 Å². The van der Waals surface area contributed by atoms with Crippen molar-refractivity contribution >= 4 is 15.6 Å². The lowest BCUT2D eigenvalue weighted by molar-refractivity contribution is -0.130. The minimum atomic E-state index is -2.90. The summed E-state index contributed by atoms with van der Waals surface area (Å²) in [5.41, 5.74) is 0. The molecule has 0 aromatic rings. The van der Waals surface area contributed by atoms with Crippen molar-refractivity contribution in [3.8, 4) is 0 Å². The smallest absolute Gasteiger partial charge is 0.156 e. The highest BCUT2D eigenvalue weighted by Gasteiger charge is 2.47. The van der Waals surface area contributed by atoms with E-state index in [0.717, 1.165) is 32.1 Å². The molecule has 2 bridgehead atoms. The third-order valence-electron chi connectivity index (χ3n) is 4.99. The first-order chi connectivity index (χ1) is 8.09. The minimum absolute atomic E-state index is 0.0547. The molecule has 0 spiro atoms. The number of hydrogen-bond donors (Lipinski definition) is 0. The van der Waals surface area contributed by atoms with Crippen molar-refractivity contribution in [1.82, 2.24) is 0 Å². The van der Waals surface area contributed by atoms with Crippen molar-refractivity contribution in [1.29, 1.82) is 0 Å². The topological polar surface area (TPSA) is 51.2 Å². The van der Waals surface area contributed by atoms with Crippen molar-refractivity contribution in [3.63, 3.8) is 0 Å². The molecule has 3 aliphatic rings. The van der Waals surface area contributed by atoms with E-state index < -0.39 is 9.84 Å². The Morgan fingerprint density at radius 2 is 1.35 bits per heavy atom. The Labute approximate surface area is 103 Å². The summed E-state index contributed by atoms with van der Waals surface area (Å²) < 4.78 is 24.2. The number of hydrogen-bond acceptors (Lipinski definition) is 3. The summed E-state index contributed by atoms with van der Waals surface area (Å²) in [6.45, 7) is 0. The van der Waals surface area contributed by atoms with Crippen molar-refractivity contribution in [2.75, 3.05) is 0 Å². The normalized spacial score (nSPS) is 40.6. The van der Waals surface area contributed by atoms with Crippen LogP contribution in [0.1, 0.15) is 51.4 Å². The molecular weight excluding hydrogens is 236 g/mol. The van der Waals surface area contributed by atoms with E-state index in [1.165, 1.54) is 6.42 Å². The number of fused-ring (bicyclic) bond motifs is 2. The second-order valence-electron chi connectivity index (χ2n) is 5.96. The first-order valence-corrected chi connectivity index (χ1v) is 8.46. The van der Waals surface area contributed by atoms with E-state index >= 15 is 0 Å². The Kier molecular flexibility index (Phi) is 2.80. The summed E-state index contributed by atoms with van der Waals surface area (Å²) >= 11 is 0. The van der Waals surface area contributed by atoms with Gasteiger partial charge >= 0.3 is 0 Å². The molecule has 3 nitrogen and oxygen atoms in total. The molecule has 2 heterocycles. The molecule has 96 valence electrons. The third kappa shape index (κ3) is 1.85. The Balaban J connectivity index is 1.76. The van der Waals surface area contributed by atoms with Gasteiger partial charge in [0.1, 0.15) is 5.78 Å². The van der Waals surface area contributed by atoms with Crippen molar-refractivity contribution < 1.29 is 13.2 Å². The van der Waals surface area contributed by atoms with E-state index in [2.05, 4.69) is 0 Å². The van der Waals surface area contributed by atoms with Crippen LogP contribution in [0.25, 0.3) is 0 Å². The highest BCUT2D eigenvalue weighted by Crippen LogP contribution is 2.42. The van der Waals surface area contributed by atoms with Gasteiger partial charge in [-0.15, -0.1) is 0 Å². The van der Waals surface area contributed by atoms with Gasteiger partial charge in [0.2, 0.25) is 0 Å². The maximum absolute atomic E-state index is 12.2. The van der Waals surface area contributed by atoms with E-state index in [0.29, 0.717) is 18.6 Å². The van der Waals surface area contributed by atoms with E-state index in [9.17, 15) is 13.2 Å². The summed E-state index contributed by atoms with van der Waals surface area (Å²) in [5, 5.41) is -0.409. The van der Waals surface area contributed by atoms with Gasteiger partial charge in [-0.1, -0.05) is 12.8 Å². The fourth-order valence-electron chi connectivity index (χ4n) is 3.67. The molecule has 1 saturated carbocycles. The Bertz CT molecular complexity index is 402. The Hall–Kier alpha value is -0.380. The van der Waals surface area contributed by atoms with Gasteiger partial charge < -0.3 is 0 Å². The number of ketones is 1. The van der Waals surface area contributed by atoms with Crippen LogP contribution < -0.4 is 0 Å². The van der Waals surface area contributed by atoms with Crippen LogP contribution in [0.5, 0.6) is 0 Å². The van der Waals surface area contributed by atoms with Gasteiger partial charge in [-0.2, -0.15) is 0 Å². The lowest BCUT2D eigenvalue weighted by Crippen LogP contribution is -2.46. The van der Waals surface area contributed by atoms with Crippen LogP contribution in [0.15, 0.2) is 0 Å².